The zero-order valence-corrected chi connectivity index (χ0v) is 15.7. The van der Waals surface area contributed by atoms with E-state index < -0.39 is 0 Å². The molecule has 4 rings (SSSR count). The van der Waals surface area contributed by atoms with Crippen molar-refractivity contribution in [3.63, 3.8) is 0 Å². The second-order valence-electron chi connectivity index (χ2n) is 7.00. The number of carbonyl (C=O) groups is 1. The first-order valence-corrected chi connectivity index (χ1v) is 9.60. The third-order valence-corrected chi connectivity index (χ3v) is 5.05. The number of amides is 1. The molecule has 0 aliphatic carbocycles. The molecule has 0 bridgehead atoms. The molecule has 2 aromatic heterocycles. The molecule has 28 heavy (non-hydrogen) atoms. The highest BCUT2D eigenvalue weighted by Gasteiger charge is 2.26. The summed E-state index contributed by atoms with van der Waals surface area (Å²) in [5.74, 6) is 0.896. The molecule has 1 aromatic carbocycles. The van der Waals surface area contributed by atoms with Crippen LogP contribution in [-0.4, -0.2) is 34.2 Å². The Morgan fingerprint density at radius 2 is 1.86 bits per heavy atom. The molecule has 1 saturated heterocycles. The number of pyridine rings is 1. The molecule has 1 fully saturated rings. The molecular formula is C22H23N5O. The summed E-state index contributed by atoms with van der Waals surface area (Å²) in [4.78, 5) is 18.8. The van der Waals surface area contributed by atoms with Gasteiger partial charge in [0.05, 0.1) is 11.6 Å². The summed E-state index contributed by atoms with van der Waals surface area (Å²) >= 11 is 0. The molecule has 142 valence electrons. The number of nitrogens with zero attached hydrogens (tertiary/aromatic N) is 4. The van der Waals surface area contributed by atoms with Gasteiger partial charge in [0.15, 0.2) is 5.82 Å². The molecule has 1 aliphatic heterocycles. The van der Waals surface area contributed by atoms with E-state index >= 15 is 0 Å². The molecule has 6 heteroatoms. The molecule has 1 unspecified atom stereocenters. The summed E-state index contributed by atoms with van der Waals surface area (Å²) in [6.45, 7) is 2.13. The number of hydrogen-bond donors (Lipinski definition) is 1. The van der Waals surface area contributed by atoms with Gasteiger partial charge in [0.2, 0.25) is 5.91 Å². The van der Waals surface area contributed by atoms with Gasteiger partial charge in [-0.2, -0.15) is 0 Å². The number of piperidine rings is 1. The Bertz CT molecular complexity index is 899. The minimum Gasteiger partial charge on any atom is -0.354 e. The van der Waals surface area contributed by atoms with E-state index in [0.29, 0.717) is 13.1 Å². The van der Waals surface area contributed by atoms with E-state index in [4.69, 9.17) is 0 Å². The first-order valence-electron chi connectivity index (χ1n) is 9.60. The van der Waals surface area contributed by atoms with Gasteiger partial charge in [-0.25, -0.2) is 0 Å². The van der Waals surface area contributed by atoms with Gasteiger partial charge in [0.1, 0.15) is 0 Å². The normalized spacial score (nSPS) is 16.6. The minimum absolute atomic E-state index is 0.0286. The molecule has 0 saturated carbocycles. The fourth-order valence-corrected chi connectivity index (χ4v) is 3.50. The second-order valence-corrected chi connectivity index (χ2v) is 7.00. The van der Waals surface area contributed by atoms with Gasteiger partial charge in [-0.15, -0.1) is 10.2 Å². The van der Waals surface area contributed by atoms with Gasteiger partial charge in [0.25, 0.3) is 0 Å². The Morgan fingerprint density at radius 3 is 2.61 bits per heavy atom. The number of anilines is 1. The van der Waals surface area contributed by atoms with Crippen molar-refractivity contribution < 1.29 is 4.79 Å². The lowest BCUT2D eigenvalue weighted by Crippen LogP contribution is -2.43. The quantitative estimate of drug-likeness (QED) is 0.744. The smallest absolute Gasteiger partial charge is 0.225 e. The van der Waals surface area contributed by atoms with Gasteiger partial charge in [-0.1, -0.05) is 30.3 Å². The predicted octanol–water partition coefficient (Wildman–Crippen LogP) is 3.07. The number of rotatable bonds is 5. The maximum absolute atomic E-state index is 12.6. The Morgan fingerprint density at radius 1 is 1.04 bits per heavy atom. The first kappa shape index (κ1) is 18.1. The van der Waals surface area contributed by atoms with Crippen LogP contribution in [0.25, 0.3) is 11.3 Å². The van der Waals surface area contributed by atoms with Crippen molar-refractivity contribution in [2.45, 2.75) is 19.4 Å². The predicted molar refractivity (Wildman–Crippen MR) is 108 cm³/mol. The SMILES string of the molecule is O=C(NCc1ccccc1)C1CCCN(c2ccc(-c3ccncc3)nn2)C1. The van der Waals surface area contributed by atoms with Crippen LogP contribution in [0.5, 0.6) is 0 Å². The average molecular weight is 373 g/mol. The average Bonchev–Trinajstić information content (AvgIpc) is 2.79. The Balaban J connectivity index is 1.37. The third-order valence-electron chi connectivity index (χ3n) is 5.05. The molecule has 1 N–H and O–H groups in total. The van der Waals surface area contributed by atoms with Gasteiger partial charge in [-0.3, -0.25) is 9.78 Å². The molecule has 1 atom stereocenters. The number of carbonyl (C=O) groups excluding carboxylic acids is 1. The highest BCUT2D eigenvalue weighted by molar-refractivity contribution is 5.79. The minimum atomic E-state index is -0.0286. The molecule has 3 heterocycles. The maximum Gasteiger partial charge on any atom is 0.225 e. The molecule has 1 amide bonds. The highest BCUT2D eigenvalue weighted by atomic mass is 16.1. The van der Waals surface area contributed by atoms with Crippen LogP contribution < -0.4 is 10.2 Å². The number of benzene rings is 1. The van der Waals surface area contributed by atoms with E-state index in [2.05, 4.69) is 25.4 Å². The number of nitrogens with one attached hydrogen (secondary N) is 1. The summed E-state index contributed by atoms with van der Waals surface area (Å²) in [5.41, 5.74) is 2.92. The van der Waals surface area contributed by atoms with E-state index in [0.717, 1.165) is 42.0 Å². The first-order chi connectivity index (χ1) is 13.8. The van der Waals surface area contributed by atoms with Crippen LogP contribution in [0.1, 0.15) is 18.4 Å². The molecule has 3 aromatic rings. The van der Waals surface area contributed by atoms with E-state index in [-0.39, 0.29) is 11.8 Å². The molecule has 1 aliphatic rings. The Kier molecular flexibility index (Phi) is 5.56. The van der Waals surface area contributed by atoms with Crippen LogP contribution in [0.4, 0.5) is 5.82 Å². The lowest BCUT2D eigenvalue weighted by atomic mass is 9.97. The topological polar surface area (TPSA) is 71.0 Å². The maximum atomic E-state index is 12.6. The Hall–Kier alpha value is -3.28. The van der Waals surface area contributed by atoms with Crippen molar-refractivity contribution in [1.29, 1.82) is 0 Å². The lowest BCUT2D eigenvalue weighted by molar-refractivity contribution is -0.125. The monoisotopic (exact) mass is 373 g/mol. The van der Waals surface area contributed by atoms with E-state index in [1.807, 2.05) is 54.6 Å². The van der Waals surface area contributed by atoms with Gasteiger partial charge in [0, 0.05) is 37.6 Å². The number of hydrogen-bond acceptors (Lipinski definition) is 5. The summed E-state index contributed by atoms with van der Waals surface area (Å²) < 4.78 is 0. The summed E-state index contributed by atoms with van der Waals surface area (Å²) in [6.07, 6.45) is 5.36. The van der Waals surface area contributed by atoms with Gasteiger partial charge >= 0.3 is 0 Å². The van der Waals surface area contributed by atoms with Crippen LogP contribution in [0.15, 0.2) is 67.0 Å². The van der Waals surface area contributed by atoms with Crippen molar-refractivity contribution in [2.24, 2.45) is 5.92 Å². The van der Waals surface area contributed by atoms with Crippen molar-refractivity contribution >= 4 is 11.7 Å². The van der Waals surface area contributed by atoms with E-state index in [9.17, 15) is 4.79 Å². The van der Waals surface area contributed by atoms with Crippen molar-refractivity contribution in [1.82, 2.24) is 20.5 Å². The van der Waals surface area contributed by atoms with Gasteiger partial charge in [-0.05, 0) is 42.7 Å². The van der Waals surface area contributed by atoms with Crippen LogP contribution in [0.2, 0.25) is 0 Å². The molecule has 0 spiro atoms. The zero-order chi connectivity index (χ0) is 19.2. The standard InChI is InChI=1S/C22H23N5O/c28-22(24-15-17-5-2-1-3-6-17)19-7-4-14-27(16-19)21-9-8-20(25-26-21)18-10-12-23-13-11-18/h1-3,5-6,8-13,19H,4,7,14-16H2,(H,24,28). The summed E-state index contributed by atoms with van der Waals surface area (Å²) in [7, 11) is 0. The van der Waals surface area contributed by atoms with E-state index in [1.165, 1.54) is 0 Å². The second kappa shape index (κ2) is 8.61. The largest absolute Gasteiger partial charge is 0.354 e. The van der Waals surface area contributed by atoms with Gasteiger partial charge < -0.3 is 10.2 Å². The zero-order valence-electron chi connectivity index (χ0n) is 15.7. The molecule has 6 nitrogen and oxygen atoms in total. The van der Waals surface area contributed by atoms with Crippen LogP contribution in [0.3, 0.4) is 0 Å². The fraction of sp³-hybridized carbons (Fsp3) is 0.273. The highest BCUT2D eigenvalue weighted by Crippen LogP contribution is 2.23. The number of aromatic nitrogens is 3. The third kappa shape index (κ3) is 4.34. The van der Waals surface area contributed by atoms with Crippen LogP contribution >= 0.6 is 0 Å². The molecular weight excluding hydrogens is 350 g/mol. The van der Waals surface area contributed by atoms with Crippen LogP contribution in [0, 0.1) is 5.92 Å². The van der Waals surface area contributed by atoms with Crippen molar-refractivity contribution in [3.8, 4) is 11.3 Å². The summed E-state index contributed by atoms with van der Waals surface area (Å²) in [5, 5.41) is 11.8. The lowest BCUT2D eigenvalue weighted by Gasteiger charge is -2.32. The van der Waals surface area contributed by atoms with Crippen molar-refractivity contribution in [3.05, 3.63) is 72.6 Å². The van der Waals surface area contributed by atoms with E-state index in [1.54, 1.807) is 12.4 Å². The van der Waals surface area contributed by atoms with Crippen molar-refractivity contribution in [2.75, 3.05) is 18.0 Å². The van der Waals surface area contributed by atoms with Crippen LogP contribution in [-0.2, 0) is 11.3 Å². The summed E-state index contributed by atoms with van der Waals surface area (Å²) in [6, 6.07) is 17.8. The molecule has 0 radical (unpaired) electrons. The Labute approximate surface area is 164 Å². The fourth-order valence-electron chi connectivity index (χ4n) is 3.50.